The van der Waals surface area contributed by atoms with Crippen LogP contribution >= 0.6 is 0 Å². The van der Waals surface area contributed by atoms with Gasteiger partial charge in [0, 0.05) is 28.4 Å². The molecule has 7 heteroatoms. The number of fused-ring (bicyclic) bond motifs is 1. The SMILES string of the molecule is COc1c(C(=O)O)cc(-c2cccc3c(N)ccnc23)c(OC)c1OC. The molecule has 0 saturated carbocycles. The van der Waals surface area contributed by atoms with Crippen LogP contribution in [0.4, 0.5) is 5.69 Å². The minimum absolute atomic E-state index is 0.0407. The van der Waals surface area contributed by atoms with Crippen LogP contribution in [0.15, 0.2) is 36.5 Å². The summed E-state index contributed by atoms with van der Waals surface area (Å²) in [7, 11) is 4.28. The van der Waals surface area contributed by atoms with E-state index >= 15 is 0 Å². The third-order valence-electron chi connectivity index (χ3n) is 4.13. The number of nitrogen functional groups attached to an aromatic ring is 1. The molecule has 3 aromatic rings. The lowest BCUT2D eigenvalue weighted by Gasteiger charge is -2.18. The minimum atomic E-state index is -1.14. The predicted molar refractivity (Wildman–Crippen MR) is 98.2 cm³/mol. The first kappa shape index (κ1) is 17.3. The van der Waals surface area contributed by atoms with E-state index in [9.17, 15) is 9.90 Å². The number of rotatable bonds is 5. The molecule has 0 atom stereocenters. The lowest BCUT2D eigenvalue weighted by Crippen LogP contribution is -2.05. The number of anilines is 1. The number of methoxy groups -OCH3 is 3. The Balaban J connectivity index is 2.44. The van der Waals surface area contributed by atoms with Gasteiger partial charge >= 0.3 is 5.97 Å². The zero-order chi connectivity index (χ0) is 18.8. The third-order valence-corrected chi connectivity index (χ3v) is 4.13. The Hall–Kier alpha value is -3.48. The van der Waals surface area contributed by atoms with Gasteiger partial charge in [0.2, 0.25) is 5.75 Å². The van der Waals surface area contributed by atoms with Crippen molar-refractivity contribution in [3.05, 3.63) is 42.1 Å². The number of benzene rings is 2. The molecule has 1 aromatic heterocycles. The summed E-state index contributed by atoms with van der Waals surface area (Å²) in [6.07, 6.45) is 1.60. The molecule has 0 bridgehead atoms. The summed E-state index contributed by atoms with van der Waals surface area (Å²) in [4.78, 5) is 16.1. The summed E-state index contributed by atoms with van der Waals surface area (Å²) < 4.78 is 16.2. The van der Waals surface area contributed by atoms with Gasteiger partial charge in [0.25, 0.3) is 0 Å². The number of para-hydroxylation sites is 1. The molecule has 0 aliphatic heterocycles. The number of hydrogen-bond acceptors (Lipinski definition) is 6. The number of aromatic nitrogens is 1. The number of ether oxygens (including phenoxy) is 3. The molecule has 3 rings (SSSR count). The molecule has 0 aliphatic rings. The van der Waals surface area contributed by atoms with E-state index in [1.54, 1.807) is 12.3 Å². The highest BCUT2D eigenvalue weighted by molar-refractivity contribution is 6.03. The normalized spacial score (nSPS) is 10.6. The van der Waals surface area contributed by atoms with E-state index in [0.29, 0.717) is 28.1 Å². The van der Waals surface area contributed by atoms with Gasteiger partial charge in [-0.15, -0.1) is 0 Å². The second kappa shape index (κ2) is 6.79. The quantitative estimate of drug-likeness (QED) is 0.725. The molecule has 0 aliphatic carbocycles. The monoisotopic (exact) mass is 354 g/mol. The number of aromatic carboxylic acids is 1. The Morgan fingerprint density at radius 2 is 1.69 bits per heavy atom. The third kappa shape index (κ3) is 2.63. The number of carboxylic acids is 1. The fraction of sp³-hybridized carbons (Fsp3) is 0.158. The molecule has 0 fully saturated rings. The first-order valence-corrected chi connectivity index (χ1v) is 7.73. The van der Waals surface area contributed by atoms with Crippen LogP contribution in [-0.2, 0) is 0 Å². The molecule has 0 unspecified atom stereocenters. The fourth-order valence-corrected chi connectivity index (χ4v) is 2.99. The van der Waals surface area contributed by atoms with Crippen molar-refractivity contribution in [3.8, 4) is 28.4 Å². The molecule has 134 valence electrons. The van der Waals surface area contributed by atoms with Gasteiger partial charge in [-0.05, 0) is 12.1 Å². The maximum atomic E-state index is 11.7. The van der Waals surface area contributed by atoms with Crippen LogP contribution in [0.3, 0.4) is 0 Å². The van der Waals surface area contributed by atoms with Crippen molar-refractivity contribution < 1.29 is 24.1 Å². The van der Waals surface area contributed by atoms with Crippen LogP contribution in [0.25, 0.3) is 22.0 Å². The zero-order valence-electron chi connectivity index (χ0n) is 14.6. The number of nitrogens with zero attached hydrogens (tertiary/aromatic N) is 1. The Kier molecular flexibility index (Phi) is 4.53. The van der Waals surface area contributed by atoms with Crippen LogP contribution in [0.5, 0.6) is 17.2 Å². The summed E-state index contributed by atoms with van der Waals surface area (Å²) in [5, 5.41) is 10.4. The van der Waals surface area contributed by atoms with E-state index in [1.807, 2.05) is 18.2 Å². The topological polar surface area (TPSA) is 104 Å². The van der Waals surface area contributed by atoms with Gasteiger partial charge in [0.15, 0.2) is 11.5 Å². The molecule has 26 heavy (non-hydrogen) atoms. The van der Waals surface area contributed by atoms with E-state index in [-0.39, 0.29) is 17.1 Å². The summed E-state index contributed by atoms with van der Waals surface area (Å²) in [6, 6.07) is 8.70. The standard InChI is InChI=1S/C19H18N2O5/c1-24-16-12(9-13(19(22)23)17(25-2)18(16)26-3)10-5-4-6-11-14(20)7-8-21-15(10)11/h4-9H,1-3H3,(H2,20,21)(H,22,23). The van der Waals surface area contributed by atoms with Crippen LogP contribution in [0.1, 0.15) is 10.4 Å². The number of carboxylic acid groups (broad SMARTS) is 1. The second-order valence-electron chi connectivity index (χ2n) is 5.48. The van der Waals surface area contributed by atoms with Crippen molar-refractivity contribution >= 4 is 22.6 Å². The van der Waals surface area contributed by atoms with Crippen molar-refractivity contribution in [1.82, 2.24) is 4.98 Å². The van der Waals surface area contributed by atoms with Gasteiger partial charge in [-0.3, -0.25) is 4.98 Å². The summed E-state index contributed by atoms with van der Waals surface area (Å²) in [5.41, 5.74) is 8.41. The number of carbonyl (C=O) groups is 1. The molecule has 1 heterocycles. The molecule has 3 N–H and O–H groups in total. The van der Waals surface area contributed by atoms with Crippen molar-refractivity contribution in [1.29, 1.82) is 0 Å². The van der Waals surface area contributed by atoms with Gasteiger partial charge in [-0.25, -0.2) is 4.79 Å². The van der Waals surface area contributed by atoms with Crippen LogP contribution in [0, 0.1) is 0 Å². The largest absolute Gasteiger partial charge is 0.492 e. The predicted octanol–water partition coefficient (Wildman–Crippen LogP) is 3.21. The van der Waals surface area contributed by atoms with Crippen LogP contribution in [0.2, 0.25) is 0 Å². The summed E-state index contributed by atoms with van der Waals surface area (Å²) in [6.45, 7) is 0. The Labute approximate surface area is 149 Å². The molecule has 0 amide bonds. The molecular formula is C19H18N2O5. The molecular weight excluding hydrogens is 336 g/mol. The zero-order valence-corrected chi connectivity index (χ0v) is 14.6. The van der Waals surface area contributed by atoms with Gasteiger partial charge in [0.05, 0.1) is 26.8 Å². The van der Waals surface area contributed by atoms with Crippen LogP contribution in [-0.4, -0.2) is 37.4 Å². The molecule has 7 nitrogen and oxygen atoms in total. The van der Waals surface area contributed by atoms with E-state index in [4.69, 9.17) is 19.9 Å². The Morgan fingerprint density at radius 1 is 1.00 bits per heavy atom. The highest BCUT2D eigenvalue weighted by Gasteiger charge is 2.26. The number of hydrogen-bond donors (Lipinski definition) is 2. The highest BCUT2D eigenvalue weighted by atomic mass is 16.5. The number of pyridine rings is 1. The minimum Gasteiger partial charge on any atom is -0.492 e. The summed E-state index contributed by atoms with van der Waals surface area (Å²) in [5.74, 6) is -0.498. The maximum Gasteiger partial charge on any atom is 0.339 e. The van der Waals surface area contributed by atoms with E-state index in [1.165, 1.54) is 27.4 Å². The molecule has 0 saturated heterocycles. The van der Waals surface area contributed by atoms with E-state index in [0.717, 1.165) is 5.39 Å². The fourth-order valence-electron chi connectivity index (χ4n) is 2.99. The molecule has 0 spiro atoms. The van der Waals surface area contributed by atoms with Crippen LogP contribution < -0.4 is 19.9 Å². The first-order chi connectivity index (χ1) is 12.5. The first-order valence-electron chi connectivity index (χ1n) is 7.73. The Bertz CT molecular complexity index is 1000. The molecule has 0 radical (unpaired) electrons. The maximum absolute atomic E-state index is 11.7. The van der Waals surface area contributed by atoms with Gasteiger partial charge in [0.1, 0.15) is 5.56 Å². The average Bonchev–Trinajstić information content (AvgIpc) is 2.65. The van der Waals surface area contributed by atoms with Crippen molar-refractivity contribution in [2.24, 2.45) is 0 Å². The second-order valence-corrected chi connectivity index (χ2v) is 5.48. The molecule has 2 aromatic carbocycles. The van der Waals surface area contributed by atoms with Gasteiger partial charge in [-0.2, -0.15) is 0 Å². The van der Waals surface area contributed by atoms with Gasteiger partial charge in [-0.1, -0.05) is 18.2 Å². The smallest absolute Gasteiger partial charge is 0.339 e. The van der Waals surface area contributed by atoms with Gasteiger partial charge < -0.3 is 25.1 Å². The summed E-state index contributed by atoms with van der Waals surface area (Å²) >= 11 is 0. The Morgan fingerprint density at radius 3 is 2.31 bits per heavy atom. The highest BCUT2D eigenvalue weighted by Crippen LogP contribution is 2.48. The van der Waals surface area contributed by atoms with E-state index in [2.05, 4.69) is 4.98 Å². The number of nitrogens with two attached hydrogens (primary N) is 1. The van der Waals surface area contributed by atoms with Crippen molar-refractivity contribution in [3.63, 3.8) is 0 Å². The van der Waals surface area contributed by atoms with Crippen molar-refractivity contribution in [2.75, 3.05) is 27.1 Å². The lowest BCUT2D eigenvalue weighted by molar-refractivity contribution is 0.0692. The van der Waals surface area contributed by atoms with E-state index < -0.39 is 5.97 Å². The average molecular weight is 354 g/mol. The lowest BCUT2D eigenvalue weighted by atomic mass is 9.97. The van der Waals surface area contributed by atoms with Crippen molar-refractivity contribution in [2.45, 2.75) is 0 Å².